The van der Waals surface area contributed by atoms with E-state index in [1.807, 2.05) is 31.3 Å². The SMILES string of the molecule is Cn1nc(C(O)Cc2cc(F)ccc2Br)c2ccccc21. The Morgan fingerprint density at radius 1 is 1.29 bits per heavy atom. The van der Waals surface area contributed by atoms with Gasteiger partial charge in [0.15, 0.2) is 0 Å². The Bertz CT molecular complexity index is 800. The van der Waals surface area contributed by atoms with Gasteiger partial charge in [0.2, 0.25) is 0 Å². The smallest absolute Gasteiger partial charge is 0.123 e. The number of aromatic nitrogens is 2. The molecule has 0 radical (unpaired) electrons. The predicted octanol–water partition coefficient (Wildman–Crippen LogP) is 3.75. The van der Waals surface area contributed by atoms with Gasteiger partial charge in [0.1, 0.15) is 11.9 Å². The maximum Gasteiger partial charge on any atom is 0.123 e. The Labute approximate surface area is 130 Å². The monoisotopic (exact) mass is 348 g/mol. The number of rotatable bonds is 3. The van der Waals surface area contributed by atoms with Crippen molar-refractivity contribution >= 4 is 26.8 Å². The molecule has 1 heterocycles. The number of para-hydroxylation sites is 1. The van der Waals surface area contributed by atoms with Crippen LogP contribution >= 0.6 is 15.9 Å². The molecule has 3 nitrogen and oxygen atoms in total. The zero-order valence-corrected chi connectivity index (χ0v) is 13.0. The van der Waals surface area contributed by atoms with Crippen LogP contribution in [0.3, 0.4) is 0 Å². The molecule has 2 aromatic carbocycles. The van der Waals surface area contributed by atoms with Crippen LogP contribution in [0.1, 0.15) is 17.4 Å². The van der Waals surface area contributed by atoms with E-state index in [2.05, 4.69) is 21.0 Å². The number of aryl methyl sites for hydroxylation is 1. The van der Waals surface area contributed by atoms with E-state index < -0.39 is 6.10 Å². The maximum atomic E-state index is 13.3. The fourth-order valence-electron chi connectivity index (χ4n) is 2.49. The van der Waals surface area contributed by atoms with E-state index in [0.717, 1.165) is 20.9 Å². The number of hydrogen-bond donors (Lipinski definition) is 1. The predicted molar refractivity (Wildman–Crippen MR) is 83.5 cm³/mol. The van der Waals surface area contributed by atoms with E-state index >= 15 is 0 Å². The van der Waals surface area contributed by atoms with E-state index in [1.54, 1.807) is 10.7 Å². The summed E-state index contributed by atoms with van der Waals surface area (Å²) >= 11 is 3.38. The Morgan fingerprint density at radius 2 is 2.05 bits per heavy atom. The van der Waals surface area contributed by atoms with Gasteiger partial charge in [-0.05, 0) is 29.8 Å². The van der Waals surface area contributed by atoms with Gasteiger partial charge in [-0.25, -0.2) is 4.39 Å². The summed E-state index contributed by atoms with van der Waals surface area (Å²) in [6.07, 6.45) is -0.478. The highest BCUT2D eigenvalue weighted by Crippen LogP contribution is 2.28. The molecule has 21 heavy (non-hydrogen) atoms. The van der Waals surface area contributed by atoms with Gasteiger partial charge in [0.25, 0.3) is 0 Å². The minimum Gasteiger partial charge on any atom is -0.386 e. The minimum absolute atomic E-state index is 0.305. The summed E-state index contributed by atoms with van der Waals surface area (Å²) in [5, 5.41) is 15.8. The van der Waals surface area contributed by atoms with E-state index in [0.29, 0.717) is 12.1 Å². The van der Waals surface area contributed by atoms with Gasteiger partial charge in [-0.3, -0.25) is 4.68 Å². The van der Waals surface area contributed by atoms with Crippen molar-refractivity contribution in [2.45, 2.75) is 12.5 Å². The first-order valence-corrected chi connectivity index (χ1v) is 7.39. The number of halogens is 2. The summed E-state index contributed by atoms with van der Waals surface area (Å²) < 4.78 is 15.9. The number of aliphatic hydroxyl groups excluding tert-OH is 1. The summed E-state index contributed by atoms with van der Waals surface area (Å²) in [6.45, 7) is 0. The Morgan fingerprint density at radius 3 is 2.86 bits per heavy atom. The topological polar surface area (TPSA) is 38.0 Å². The van der Waals surface area contributed by atoms with Crippen LogP contribution in [-0.2, 0) is 13.5 Å². The first-order chi connectivity index (χ1) is 10.1. The highest BCUT2D eigenvalue weighted by molar-refractivity contribution is 9.10. The lowest BCUT2D eigenvalue weighted by atomic mass is 10.0. The second kappa shape index (κ2) is 5.58. The molecule has 1 unspecified atom stereocenters. The van der Waals surface area contributed by atoms with Gasteiger partial charge in [-0.15, -0.1) is 0 Å². The molecule has 0 aliphatic rings. The lowest BCUT2D eigenvalue weighted by molar-refractivity contribution is 0.174. The highest BCUT2D eigenvalue weighted by Gasteiger charge is 2.18. The van der Waals surface area contributed by atoms with Gasteiger partial charge in [-0.2, -0.15) is 5.10 Å². The molecule has 0 aliphatic carbocycles. The minimum atomic E-state index is -0.783. The highest BCUT2D eigenvalue weighted by atomic mass is 79.9. The Hall–Kier alpha value is -1.72. The van der Waals surface area contributed by atoms with Gasteiger partial charge in [0, 0.05) is 23.3 Å². The van der Waals surface area contributed by atoms with Crippen molar-refractivity contribution in [3.63, 3.8) is 0 Å². The molecule has 0 fully saturated rings. The molecule has 3 aromatic rings. The number of hydrogen-bond acceptors (Lipinski definition) is 2. The van der Waals surface area contributed by atoms with Crippen molar-refractivity contribution in [2.24, 2.45) is 7.05 Å². The zero-order valence-electron chi connectivity index (χ0n) is 11.4. The number of aliphatic hydroxyl groups is 1. The van der Waals surface area contributed by atoms with Crippen molar-refractivity contribution in [1.82, 2.24) is 9.78 Å². The average Bonchev–Trinajstić information content (AvgIpc) is 2.81. The summed E-state index contributed by atoms with van der Waals surface area (Å²) in [5.41, 5.74) is 2.30. The lowest BCUT2D eigenvalue weighted by Crippen LogP contribution is -2.05. The third-order valence-electron chi connectivity index (χ3n) is 3.52. The molecule has 0 amide bonds. The first kappa shape index (κ1) is 14.2. The molecule has 0 saturated carbocycles. The van der Waals surface area contributed by atoms with E-state index in [4.69, 9.17) is 0 Å². The van der Waals surface area contributed by atoms with Crippen LogP contribution < -0.4 is 0 Å². The first-order valence-electron chi connectivity index (χ1n) is 6.60. The molecule has 1 atom stereocenters. The van der Waals surface area contributed by atoms with E-state index in [9.17, 15) is 9.50 Å². The lowest BCUT2D eigenvalue weighted by Gasteiger charge is -2.10. The van der Waals surface area contributed by atoms with Crippen LogP contribution in [0.15, 0.2) is 46.9 Å². The molecule has 0 aliphatic heterocycles. The Balaban J connectivity index is 1.97. The van der Waals surface area contributed by atoms with Gasteiger partial charge in [0.05, 0.1) is 11.2 Å². The van der Waals surface area contributed by atoms with Crippen molar-refractivity contribution in [2.75, 3.05) is 0 Å². The van der Waals surface area contributed by atoms with Crippen LogP contribution in [0.5, 0.6) is 0 Å². The average molecular weight is 349 g/mol. The number of nitrogens with zero attached hydrogens (tertiary/aromatic N) is 2. The van der Waals surface area contributed by atoms with Crippen LogP contribution in [0.4, 0.5) is 4.39 Å². The third-order valence-corrected chi connectivity index (χ3v) is 4.30. The van der Waals surface area contributed by atoms with Crippen LogP contribution in [0.25, 0.3) is 10.9 Å². The van der Waals surface area contributed by atoms with E-state index in [-0.39, 0.29) is 5.82 Å². The summed E-state index contributed by atoms with van der Waals surface area (Å²) in [5.74, 6) is -0.314. The maximum absolute atomic E-state index is 13.3. The quantitative estimate of drug-likeness (QED) is 0.782. The zero-order chi connectivity index (χ0) is 15.0. The molecule has 108 valence electrons. The standard InChI is InChI=1S/C16H14BrFN2O/c1-20-14-5-3-2-4-12(14)16(19-20)15(21)9-10-8-11(18)6-7-13(10)17/h2-8,15,21H,9H2,1H3. The molecule has 0 saturated heterocycles. The molecule has 0 bridgehead atoms. The molecular formula is C16H14BrFN2O. The van der Waals surface area contributed by atoms with Crippen LogP contribution in [0, 0.1) is 5.82 Å². The fraction of sp³-hybridized carbons (Fsp3) is 0.188. The summed E-state index contributed by atoms with van der Waals surface area (Å²) in [4.78, 5) is 0. The van der Waals surface area contributed by atoms with Gasteiger partial charge < -0.3 is 5.11 Å². The van der Waals surface area contributed by atoms with Gasteiger partial charge >= 0.3 is 0 Å². The Kier molecular flexibility index (Phi) is 3.78. The van der Waals surface area contributed by atoms with Crippen LogP contribution in [0.2, 0.25) is 0 Å². The van der Waals surface area contributed by atoms with Crippen molar-refractivity contribution in [3.05, 3.63) is 64.0 Å². The number of benzene rings is 2. The molecule has 5 heteroatoms. The van der Waals surface area contributed by atoms with Crippen molar-refractivity contribution in [3.8, 4) is 0 Å². The van der Waals surface area contributed by atoms with Crippen LogP contribution in [-0.4, -0.2) is 14.9 Å². The molecule has 3 rings (SSSR count). The molecule has 1 N–H and O–H groups in total. The largest absolute Gasteiger partial charge is 0.386 e. The summed E-state index contributed by atoms with van der Waals surface area (Å²) in [6, 6.07) is 12.2. The molecule has 1 aromatic heterocycles. The van der Waals surface area contributed by atoms with Crippen molar-refractivity contribution < 1.29 is 9.50 Å². The molecular weight excluding hydrogens is 335 g/mol. The number of fused-ring (bicyclic) bond motifs is 1. The fourth-order valence-corrected chi connectivity index (χ4v) is 2.90. The van der Waals surface area contributed by atoms with Gasteiger partial charge in [-0.1, -0.05) is 34.1 Å². The van der Waals surface area contributed by atoms with Crippen molar-refractivity contribution in [1.29, 1.82) is 0 Å². The van der Waals surface area contributed by atoms with E-state index in [1.165, 1.54) is 12.1 Å². The third kappa shape index (κ3) is 2.71. The molecule has 0 spiro atoms. The second-order valence-electron chi connectivity index (χ2n) is 4.98. The second-order valence-corrected chi connectivity index (χ2v) is 5.84. The normalized spacial score (nSPS) is 12.8. The summed E-state index contributed by atoms with van der Waals surface area (Å²) in [7, 11) is 1.84.